The second-order valence-electron chi connectivity index (χ2n) is 4.71. The molecule has 4 nitrogen and oxygen atoms in total. The first-order chi connectivity index (χ1) is 8.66. The first kappa shape index (κ1) is 13.4. The van der Waals surface area contributed by atoms with Crippen molar-refractivity contribution in [3.63, 3.8) is 0 Å². The van der Waals surface area contributed by atoms with E-state index in [1.54, 1.807) is 6.07 Å². The summed E-state index contributed by atoms with van der Waals surface area (Å²) in [6.07, 6.45) is 1.48. The van der Waals surface area contributed by atoms with Crippen LogP contribution in [0.15, 0.2) is 18.3 Å². The predicted octanol–water partition coefficient (Wildman–Crippen LogP) is 1.20. The Balaban J connectivity index is 1.91. The fraction of sp³-hybridized carbons (Fsp3) is 0.615. The van der Waals surface area contributed by atoms with Gasteiger partial charge in [-0.3, -0.25) is 9.88 Å². The van der Waals surface area contributed by atoms with E-state index in [-0.39, 0.29) is 18.0 Å². The van der Waals surface area contributed by atoms with Crippen molar-refractivity contribution in [2.45, 2.75) is 19.1 Å². The van der Waals surface area contributed by atoms with Crippen LogP contribution >= 0.6 is 0 Å². The van der Waals surface area contributed by atoms with Gasteiger partial charge in [0.05, 0.1) is 24.6 Å². The van der Waals surface area contributed by atoms with E-state index < -0.39 is 0 Å². The maximum absolute atomic E-state index is 12.8. The fourth-order valence-corrected chi connectivity index (χ4v) is 2.08. The summed E-state index contributed by atoms with van der Waals surface area (Å²) >= 11 is 0. The minimum Gasteiger partial charge on any atom is -0.374 e. The molecule has 1 aliphatic rings. The van der Waals surface area contributed by atoms with Crippen molar-refractivity contribution >= 4 is 0 Å². The molecule has 1 fully saturated rings. The molecule has 0 aliphatic carbocycles. The summed E-state index contributed by atoms with van der Waals surface area (Å²) in [5, 5.41) is 3.31. The average molecular weight is 253 g/mol. The molecule has 1 saturated heterocycles. The Morgan fingerprint density at radius 2 is 2.44 bits per heavy atom. The van der Waals surface area contributed by atoms with Crippen LogP contribution in [0.3, 0.4) is 0 Å². The molecule has 1 aromatic heterocycles. The number of hydrogen-bond acceptors (Lipinski definition) is 4. The molecule has 1 N–H and O–H groups in total. The molecule has 0 bridgehead atoms. The van der Waals surface area contributed by atoms with Crippen LogP contribution in [0, 0.1) is 5.82 Å². The van der Waals surface area contributed by atoms with Crippen molar-refractivity contribution in [2.24, 2.45) is 0 Å². The molecule has 0 saturated carbocycles. The quantitative estimate of drug-likeness (QED) is 0.875. The maximum Gasteiger partial charge on any atom is 0.141 e. The molecule has 2 rings (SSSR count). The van der Waals surface area contributed by atoms with Crippen LogP contribution in [0.4, 0.5) is 4.39 Å². The van der Waals surface area contributed by atoms with E-state index in [9.17, 15) is 4.39 Å². The molecule has 0 spiro atoms. The molecule has 1 aromatic rings. The number of ether oxygens (including phenoxy) is 1. The van der Waals surface area contributed by atoms with Crippen LogP contribution < -0.4 is 5.32 Å². The number of morpholine rings is 1. The summed E-state index contributed by atoms with van der Waals surface area (Å²) < 4.78 is 18.5. The maximum atomic E-state index is 12.8. The van der Waals surface area contributed by atoms with E-state index >= 15 is 0 Å². The topological polar surface area (TPSA) is 37.4 Å². The Morgan fingerprint density at radius 3 is 3.06 bits per heavy atom. The molecule has 0 radical (unpaired) electrons. The molecule has 100 valence electrons. The van der Waals surface area contributed by atoms with Crippen molar-refractivity contribution < 1.29 is 9.13 Å². The van der Waals surface area contributed by atoms with Gasteiger partial charge in [-0.15, -0.1) is 0 Å². The third-order valence-corrected chi connectivity index (χ3v) is 3.34. The van der Waals surface area contributed by atoms with E-state index in [1.807, 2.05) is 7.05 Å². The van der Waals surface area contributed by atoms with Gasteiger partial charge in [0.1, 0.15) is 5.82 Å². The summed E-state index contributed by atoms with van der Waals surface area (Å²) in [5.41, 5.74) is 0.877. The SMILES string of the molecule is CC(c1ccc(F)cn1)N(C)CC1CNCCO1. The number of nitrogens with one attached hydrogen (secondary N) is 1. The normalized spacial score (nSPS) is 22.1. The Hall–Kier alpha value is -1.04. The fourth-order valence-electron chi connectivity index (χ4n) is 2.08. The molecular weight excluding hydrogens is 233 g/mol. The van der Waals surface area contributed by atoms with E-state index in [0.717, 1.165) is 31.9 Å². The van der Waals surface area contributed by atoms with Crippen LogP contribution in [0.2, 0.25) is 0 Å². The summed E-state index contributed by atoms with van der Waals surface area (Å²) in [5.74, 6) is -0.298. The molecule has 2 atom stereocenters. The molecule has 2 unspecified atom stereocenters. The molecular formula is C13H20FN3O. The summed E-state index contributed by atoms with van der Waals surface area (Å²) in [6.45, 7) is 5.48. The molecule has 0 amide bonds. The number of rotatable bonds is 4. The lowest BCUT2D eigenvalue weighted by molar-refractivity contribution is 0.00364. The zero-order valence-electron chi connectivity index (χ0n) is 10.9. The van der Waals surface area contributed by atoms with Crippen LogP contribution in [0.25, 0.3) is 0 Å². The van der Waals surface area contributed by atoms with Gasteiger partial charge in [-0.25, -0.2) is 4.39 Å². The highest BCUT2D eigenvalue weighted by molar-refractivity contribution is 5.09. The van der Waals surface area contributed by atoms with Gasteiger partial charge < -0.3 is 10.1 Å². The van der Waals surface area contributed by atoms with Crippen LogP contribution in [0.5, 0.6) is 0 Å². The molecule has 1 aliphatic heterocycles. The van der Waals surface area contributed by atoms with E-state index in [0.29, 0.717) is 0 Å². The zero-order valence-corrected chi connectivity index (χ0v) is 10.9. The number of likely N-dealkylation sites (N-methyl/N-ethyl adjacent to an activating group) is 1. The minimum absolute atomic E-state index is 0.149. The lowest BCUT2D eigenvalue weighted by atomic mass is 10.1. The number of aromatic nitrogens is 1. The smallest absolute Gasteiger partial charge is 0.141 e. The minimum atomic E-state index is -0.298. The van der Waals surface area contributed by atoms with Gasteiger partial charge in [-0.05, 0) is 26.1 Å². The Labute approximate surface area is 107 Å². The first-order valence-electron chi connectivity index (χ1n) is 6.31. The van der Waals surface area contributed by atoms with Crippen LogP contribution in [-0.2, 0) is 4.74 Å². The van der Waals surface area contributed by atoms with Crippen molar-refractivity contribution in [2.75, 3.05) is 33.3 Å². The van der Waals surface area contributed by atoms with Crippen molar-refractivity contribution in [3.8, 4) is 0 Å². The highest BCUT2D eigenvalue weighted by Gasteiger charge is 2.19. The second-order valence-corrected chi connectivity index (χ2v) is 4.71. The Kier molecular flexibility index (Phi) is 4.63. The van der Waals surface area contributed by atoms with Gasteiger partial charge in [0.15, 0.2) is 0 Å². The number of halogens is 1. The van der Waals surface area contributed by atoms with Crippen LogP contribution in [0.1, 0.15) is 18.7 Å². The lowest BCUT2D eigenvalue weighted by Crippen LogP contribution is -2.44. The van der Waals surface area contributed by atoms with E-state index in [1.165, 1.54) is 12.3 Å². The zero-order chi connectivity index (χ0) is 13.0. The van der Waals surface area contributed by atoms with Gasteiger partial charge in [0, 0.05) is 25.7 Å². The molecule has 2 heterocycles. The van der Waals surface area contributed by atoms with Gasteiger partial charge in [0.25, 0.3) is 0 Å². The standard InChI is InChI=1S/C13H20FN3O/c1-10(13-4-3-11(14)7-16-13)17(2)9-12-8-15-5-6-18-12/h3-4,7,10,12,15H,5-6,8-9H2,1-2H3. The van der Waals surface area contributed by atoms with E-state index in [4.69, 9.17) is 4.74 Å². The summed E-state index contributed by atoms with van der Waals surface area (Å²) in [7, 11) is 2.04. The van der Waals surface area contributed by atoms with Gasteiger partial charge in [-0.2, -0.15) is 0 Å². The predicted molar refractivity (Wildman–Crippen MR) is 67.8 cm³/mol. The van der Waals surface area contributed by atoms with Gasteiger partial charge in [0.2, 0.25) is 0 Å². The van der Waals surface area contributed by atoms with Crippen LogP contribution in [-0.4, -0.2) is 49.3 Å². The average Bonchev–Trinajstić information content (AvgIpc) is 2.40. The number of nitrogens with zero attached hydrogens (tertiary/aromatic N) is 2. The molecule has 5 heteroatoms. The highest BCUT2D eigenvalue weighted by Crippen LogP contribution is 2.17. The van der Waals surface area contributed by atoms with E-state index in [2.05, 4.69) is 22.1 Å². The summed E-state index contributed by atoms with van der Waals surface area (Å²) in [4.78, 5) is 6.30. The largest absolute Gasteiger partial charge is 0.374 e. The van der Waals surface area contributed by atoms with Gasteiger partial charge in [-0.1, -0.05) is 0 Å². The summed E-state index contributed by atoms with van der Waals surface area (Å²) in [6, 6.07) is 3.33. The van der Waals surface area contributed by atoms with Crippen molar-refractivity contribution in [1.82, 2.24) is 15.2 Å². The van der Waals surface area contributed by atoms with Crippen molar-refractivity contribution in [3.05, 3.63) is 29.8 Å². The Bertz CT molecular complexity index is 365. The van der Waals surface area contributed by atoms with Gasteiger partial charge >= 0.3 is 0 Å². The Morgan fingerprint density at radius 1 is 1.61 bits per heavy atom. The highest BCUT2D eigenvalue weighted by atomic mass is 19.1. The third-order valence-electron chi connectivity index (χ3n) is 3.34. The third kappa shape index (κ3) is 3.48. The lowest BCUT2D eigenvalue weighted by Gasteiger charge is -2.31. The first-order valence-corrected chi connectivity index (χ1v) is 6.31. The molecule has 0 aromatic carbocycles. The monoisotopic (exact) mass is 253 g/mol. The van der Waals surface area contributed by atoms with Crippen molar-refractivity contribution in [1.29, 1.82) is 0 Å². The molecule has 18 heavy (non-hydrogen) atoms. The number of pyridine rings is 1. The number of hydrogen-bond donors (Lipinski definition) is 1. The second kappa shape index (κ2) is 6.22.